The van der Waals surface area contributed by atoms with Gasteiger partial charge in [0.2, 0.25) is 0 Å². The molecule has 4 heteroatoms. The zero-order valence-electron chi connectivity index (χ0n) is 22.6. The Bertz CT molecular complexity index is 941. The van der Waals surface area contributed by atoms with Gasteiger partial charge >= 0.3 is 11.9 Å². The number of rotatable bonds is 12. The lowest BCUT2D eigenvalue weighted by molar-refractivity contribution is -0.0247. The van der Waals surface area contributed by atoms with Crippen LogP contribution >= 0.6 is 0 Å². The normalized spacial score (nSPS) is 16.7. The Morgan fingerprint density at radius 3 is 1.69 bits per heavy atom. The number of hydrogen-bond acceptors (Lipinski definition) is 4. The molecule has 3 rings (SSSR count). The van der Waals surface area contributed by atoms with Crippen LogP contribution in [-0.2, 0) is 22.3 Å². The van der Waals surface area contributed by atoms with E-state index in [1.807, 2.05) is 48.5 Å². The number of benzene rings is 2. The highest BCUT2D eigenvalue weighted by molar-refractivity contribution is 5.90. The molecule has 0 radical (unpaired) electrons. The molecule has 0 N–H and O–H groups in total. The summed E-state index contributed by atoms with van der Waals surface area (Å²) in [7, 11) is 0. The fourth-order valence-corrected chi connectivity index (χ4v) is 4.87. The van der Waals surface area contributed by atoms with Crippen LogP contribution in [0.4, 0.5) is 0 Å². The monoisotopic (exact) mass is 492 g/mol. The van der Waals surface area contributed by atoms with Crippen LogP contribution in [-0.4, -0.2) is 24.6 Å². The largest absolute Gasteiger partial charge is 0.458 e. The number of hydrogen-bond donors (Lipinski definition) is 0. The lowest BCUT2D eigenvalue weighted by atomic mass is 9.85. The van der Waals surface area contributed by atoms with Crippen molar-refractivity contribution in [3.8, 4) is 0 Å². The van der Waals surface area contributed by atoms with E-state index in [4.69, 9.17) is 9.47 Å². The number of carbonyl (C=O) groups excluding carboxylic acids is 2. The maximum absolute atomic E-state index is 13.0. The van der Waals surface area contributed by atoms with Crippen LogP contribution in [0.3, 0.4) is 0 Å². The molecule has 1 unspecified atom stereocenters. The molecule has 0 saturated heterocycles. The van der Waals surface area contributed by atoms with Gasteiger partial charge in [0, 0.05) is 0 Å². The molecule has 0 amide bonds. The van der Waals surface area contributed by atoms with Crippen LogP contribution in [0.15, 0.2) is 48.5 Å². The number of ether oxygens (including phenoxy) is 2. The first-order valence-electron chi connectivity index (χ1n) is 14.0. The van der Waals surface area contributed by atoms with Crippen molar-refractivity contribution in [1.82, 2.24) is 0 Å². The van der Waals surface area contributed by atoms with E-state index in [1.54, 1.807) is 0 Å². The standard InChI is InChI=1S/C32H44O4/c1-5-23(3)20-25-12-16-28(17-13-25)31(33)35-22-30(27-10-8-7-9-11-27)36-32(34)29-18-14-26(15-19-29)21-24(4)6-2/h12-19,23-24,27,30H,5-11,20-22H2,1-4H3/t23-,24-,30?/m1/s1. The summed E-state index contributed by atoms with van der Waals surface area (Å²) in [5.41, 5.74) is 3.54. The van der Waals surface area contributed by atoms with E-state index in [2.05, 4.69) is 27.7 Å². The van der Waals surface area contributed by atoms with Crippen LogP contribution in [0, 0.1) is 17.8 Å². The minimum absolute atomic E-state index is 0.0932. The highest BCUT2D eigenvalue weighted by atomic mass is 16.6. The Morgan fingerprint density at radius 1 is 0.750 bits per heavy atom. The van der Waals surface area contributed by atoms with E-state index >= 15 is 0 Å². The highest BCUT2D eigenvalue weighted by Crippen LogP contribution is 2.29. The summed E-state index contributed by atoms with van der Waals surface area (Å²) >= 11 is 0. The van der Waals surface area contributed by atoms with Gasteiger partial charge in [-0.05, 0) is 78.8 Å². The minimum atomic E-state index is -0.425. The lowest BCUT2D eigenvalue weighted by Gasteiger charge is -2.29. The maximum atomic E-state index is 13.0. The molecule has 2 aromatic carbocycles. The Labute approximate surface area is 217 Å². The van der Waals surface area contributed by atoms with Crippen molar-refractivity contribution in [2.45, 2.75) is 91.6 Å². The Morgan fingerprint density at radius 2 is 1.22 bits per heavy atom. The van der Waals surface area contributed by atoms with Crippen molar-refractivity contribution in [2.75, 3.05) is 6.61 Å². The Hall–Kier alpha value is -2.62. The van der Waals surface area contributed by atoms with Crippen LogP contribution in [0.1, 0.15) is 104 Å². The molecule has 3 atom stereocenters. The molecule has 1 aliphatic carbocycles. The first kappa shape index (κ1) is 28.0. The zero-order chi connectivity index (χ0) is 25.9. The van der Waals surface area contributed by atoms with Crippen LogP contribution in [0.25, 0.3) is 0 Å². The fraction of sp³-hybridized carbons (Fsp3) is 0.562. The molecule has 36 heavy (non-hydrogen) atoms. The third-order valence-electron chi connectivity index (χ3n) is 7.75. The van der Waals surface area contributed by atoms with Gasteiger partial charge in [-0.15, -0.1) is 0 Å². The highest BCUT2D eigenvalue weighted by Gasteiger charge is 2.29. The summed E-state index contributed by atoms with van der Waals surface area (Å²) < 4.78 is 11.6. The average molecular weight is 493 g/mol. The van der Waals surface area contributed by atoms with Crippen molar-refractivity contribution in [2.24, 2.45) is 17.8 Å². The molecular weight excluding hydrogens is 448 g/mol. The van der Waals surface area contributed by atoms with Gasteiger partial charge in [0.1, 0.15) is 12.7 Å². The smallest absolute Gasteiger partial charge is 0.338 e. The first-order chi connectivity index (χ1) is 17.4. The first-order valence-corrected chi connectivity index (χ1v) is 14.0. The zero-order valence-corrected chi connectivity index (χ0v) is 22.6. The summed E-state index contributed by atoms with van der Waals surface area (Å²) in [5, 5.41) is 0. The van der Waals surface area contributed by atoms with Crippen molar-refractivity contribution in [3.63, 3.8) is 0 Å². The van der Waals surface area contributed by atoms with Crippen LogP contribution < -0.4 is 0 Å². The molecule has 0 bridgehead atoms. The number of carbonyl (C=O) groups is 2. The van der Waals surface area contributed by atoms with Gasteiger partial charge in [-0.1, -0.05) is 84.1 Å². The van der Waals surface area contributed by atoms with E-state index < -0.39 is 6.10 Å². The molecule has 0 heterocycles. The number of esters is 2. The van der Waals surface area contributed by atoms with Gasteiger partial charge in [0.25, 0.3) is 0 Å². The second kappa shape index (κ2) is 14.2. The maximum Gasteiger partial charge on any atom is 0.338 e. The Kier molecular flexibility index (Phi) is 11.0. The molecule has 1 aliphatic rings. The van der Waals surface area contributed by atoms with E-state index in [0.29, 0.717) is 23.0 Å². The quantitative estimate of drug-likeness (QED) is 0.283. The topological polar surface area (TPSA) is 52.6 Å². The molecule has 0 spiro atoms. The predicted molar refractivity (Wildman–Crippen MR) is 145 cm³/mol. The van der Waals surface area contributed by atoms with Gasteiger partial charge in [-0.3, -0.25) is 0 Å². The van der Waals surface area contributed by atoms with Gasteiger partial charge in [-0.2, -0.15) is 0 Å². The van der Waals surface area contributed by atoms with Crippen molar-refractivity contribution < 1.29 is 19.1 Å². The fourth-order valence-electron chi connectivity index (χ4n) is 4.87. The average Bonchev–Trinajstić information content (AvgIpc) is 2.91. The van der Waals surface area contributed by atoms with E-state index in [0.717, 1.165) is 51.4 Å². The molecule has 196 valence electrons. The van der Waals surface area contributed by atoms with Gasteiger partial charge in [0.15, 0.2) is 0 Å². The van der Waals surface area contributed by atoms with Gasteiger partial charge in [0.05, 0.1) is 11.1 Å². The summed E-state index contributed by atoms with van der Waals surface area (Å²) in [6.45, 7) is 8.94. The molecule has 4 nitrogen and oxygen atoms in total. The van der Waals surface area contributed by atoms with Gasteiger partial charge in [-0.25, -0.2) is 9.59 Å². The molecular formula is C32H44O4. The second-order valence-electron chi connectivity index (χ2n) is 10.8. The molecule has 2 aromatic rings. The van der Waals surface area contributed by atoms with E-state index in [-0.39, 0.29) is 24.5 Å². The van der Waals surface area contributed by atoms with Crippen molar-refractivity contribution >= 4 is 11.9 Å². The summed E-state index contributed by atoms with van der Waals surface area (Å²) in [5.74, 6) is 0.745. The van der Waals surface area contributed by atoms with E-state index in [9.17, 15) is 9.59 Å². The second-order valence-corrected chi connectivity index (χ2v) is 10.8. The third-order valence-corrected chi connectivity index (χ3v) is 7.75. The van der Waals surface area contributed by atoms with Gasteiger partial charge < -0.3 is 9.47 Å². The summed E-state index contributed by atoms with van der Waals surface area (Å²) in [4.78, 5) is 25.8. The van der Waals surface area contributed by atoms with Crippen molar-refractivity contribution in [1.29, 1.82) is 0 Å². The van der Waals surface area contributed by atoms with Crippen LogP contribution in [0.5, 0.6) is 0 Å². The minimum Gasteiger partial charge on any atom is -0.458 e. The predicted octanol–water partition coefficient (Wildman–Crippen LogP) is 7.83. The molecule has 1 saturated carbocycles. The van der Waals surface area contributed by atoms with E-state index in [1.165, 1.54) is 17.5 Å². The lowest BCUT2D eigenvalue weighted by Crippen LogP contribution is -2.33. The molecule has 0 aromatic heterocycles. The molecule has 1 fully saturated rings. The molecule has 0 aliphatic heterocycles. The van der Waals surface area contributed by atoms with Crippen LogP contribution in [0.2, 0.25) is 0 Å². The SMILES string of the molecule is CC[C@@H](C)Cc1ccc(C(=O)OCC(OC(=O)c2ccc(C[C@H](C)CC)cc2)C2CCCCC2)cc1. The summed E-state index contributed by atoms with van der Waals surface area (Å²) in [6, 6.07) is 15.4. The Balaban J connectivity index is 1.61. The third kappa shape index (κ3) is 8.50. The van der Waals surface area contributed by atoms with Crippen molar-refractivity contribution in [3.05, 3.63) is 70.8 Å². The summed E-state index contributed by atoms with van der Waals surface area (Å²) in [6.07, 6.45) is 9.28.